The first-order valence-electron chi connectivity index (χ1n) is 6.78. The van der Waals surface area contributed by atoms with Gasteiger partial charge in [0.2, 0.25) is 12.6 Å². The van der Waals surface area contributed by atoms with E-state index in [1.54, 1.807) is 0 Å². The van der Waals surface area contributed by atoms with Crippen LogP contribution in [0.4, 0.5) is 0 Å². The molecule has 1 saturated heterocycles. The summed E-state index contributed by atoms with van der Waals surface area (Å²) in [5, 5.41) is 5.29. The van der Waals surface area contributed by atoms with E-state index >= 15 is 0 Å². The molecule has 0 spiro atoms. The zero-order valence-corrected chi connectivity index (χ0v) is 10.8. The number of rotatable bonds is 2. The molecule has 1 aliphatic rings. The van der Waals surface area contributed by atoms with Crippen LogP contribution in [0, 0.1) is 0 Å². The molecule has 92 valence electrons. The first-order chi connectivity index (χ1) is 9.29. The fraction of sp³-hybridized carbons (Fsp3) is 0.167. The molecular formula is C18H16N+. The van der Waals surface area contributed by atoms with Crippen LogP contribution < -0.4 is 0 Å². The summed E-state index contributed by atoms with van der Waals surface area (Å²) in [4.78, 5) is 0. The largest absolute Gasteiger partial charge is 0.226 e. The van der Waals surface area contributed by atoms with Crippen LogP contribution in [0.1, 0.15) is 5.56 Å². The second-order valence-electron chi connectivity index (χ2n) is 5.51. The van der Waals surface area contributed by atoms with Crippen LogP contribution in [0.2, 0.25) is 0 Å². The Labute approximate surface area is 112 Å². The molecule has 0 bridgehead atoms. The number of hydrogen-bond acceptors (Lipinski definition) is 0. The molecule has 4 rings (SSSR count). The highest BCUT2D eigenvalue weighted by Crippen LogP contribution is 2.25. The Hall–Kier alpha value is -2.15. The highest BCUT2D eigenvalue weighted by molar-refractivity contribution is 5.98. The molecule has 0 radical (unpaired) electrons. The minimum atomic E-state index is 0.651. The third kappa shape index (κ3) is 1.91. The molecule has 1 unspecified atom stereocenters. The van der Waals surface area contributed by atoms with Gasteiger partial charge in [0.1, 0.15) is 6.72 Å². The fourth-order valence-corrected chi connectivity index (χ4v) is 2.81. The monoisotopic (exact) mass is 246 g/mol. The van der Waals surface area contributed by atoms with Crippen molar-refractivity contribution in [3.05, 3.63) is 60.2 Å². The molecule has 3 aromatic carbocycles. The summed E-state index contributed by atoms with van der Waals surface area (Å²) in [5.41, 5.74) is 1.42. The Morgan fingerprint density at radius 1 is 0.895 bits per heavy atom. The van der Waals surface area contributed by atoms with Crippen LogP contribution in [-0.2, 0) is 6.42 Å². The van der Waals surface area contributed by atoms with Crippen molar-refractivity contribution in [2.45, 2.75) is 12.5 Å². The Bertz CT molecular complexity index is 801. The average molecular weight is 246 g/mol. The highest BCUT2D eigenvalue weighted by atomic mass is 15.2. The van der Waals surface area contributed by atoms with Gasteiger partial charge in [-0.1, -0.05) is 42.5 Å². The van der Waals surface area contributed by atoms with E-state index < -0.39 is 0 Å². The molecule has 0 amide bonds. The van der Waals surface area contributed by atoms with E-state index in [4.69, 9.17) is 0 Å². The van der Waals surface area contributed by atoms with Crippen LogP contribution >= 0.6 is 0 Å². The van der Waals surface area contributed by atoms with Gasteiger partial charge >= 0.3 is 0 Å². The van der Waals surface area contributed by atoms with Crippen LogP contribution in [0.15, 0.2) is 54.6 Å². The lowest BCUT2D eigenvalue weighted by Gasteiger charge is -2.04. The SMILES string of the molecule is C=[N+]1CC1Cc1ccc2cc3ccccc3cc2c1. The molecule has 1 aliphatic heterocycles. The highest BCUT2D eigenvalue weighted by Gasteiger charge is 2.37. The van der Waals surface area contributed by atoms with Gasteiger partial charge in [-0.2, -0.15) is 0 Å². The van der Waals surface area contributed by atoms with Gasteiger partial charge in [-0.05, 0) is 39.2 Å². The van der Waals surface area contributed by atoms with Crippen molar-refractivity contribution in [1.29, 1.82) is 0 Å². The lowest BCUT2D eigenvalue weighted by Crippen LogP contribution is -1.95. The molecule has 1 heteroatoms. The number of benzene rings is 3. The molecule has 1 nitrogen and oxygen atoms in total. The first-order valence-corrected chi connectivity index (χ1v) is 6.78. The van der Waals surface area contributed by atoms with Gasteiger partial charge in [-0.3, -0.25) is 0 Å². The Morgan fingerprint density at radius 3 is 2.21 bits per heavy atom. The van der Waals surface area contributed by atoms with Crippen LogP contribution in [-0.4, -0.2) is 23.9 Å². The van der Waals surface area contributed by atoms with E-state index in [1.807, 2.05) is 0 Å². The number of fused-ring (bicyclic) bond motifs is 2. The van der Waals surface area contributed by atoms with Gasteiger partial charge in [0.15, 0.2) is 0 Å². The van der Waals surface area contributed by atoms with E-state index in [0.29, 0.717) is 6.04 Å². The summed E-state index contributed by atoms with van der Waals surface area (Å²) in [5.74, 6) is 0. The van der Waals surface area contributed by atoms with E-state index in [2.05, 4.69) is 65.9 Å². The Balaban J connectivity index is 1.83. The Kier molecular flexibility index (Phi) is 2.22. The van der Waals surface area contributed by atoms with Crippen molar-refractivity contribution in [3.63, 3.8) is 0 Å². The quantitative estimate of drug-likeness (QED) is 0.369. The minimum absolute atomic E-state index is 0.651. The van der Waals surface area contributed by atoms with E-state index in [1.165, 1.54) is 27.1 Å². The summed E-state index contributed by atoms with van der Waals surface area (Å²) >= 11 is 0. The number of hydrogen-bond donors (Lipinski definition) is 0. The van der Waals surface area contributed by atoms with Crippen LogP contribution in [0.25, 0.3) is 21.5 Å². The topological polar surface area (TPSA) is 3.01 Å². The van der Waals surface area contributed by atoms with E-state index in [-0.39, 0.29) is 0 Å². The molecule has 0 aromatic heterocycles. The summed E-state index contributed by atoms with van der Waals surface area (Å²) in [6.45, 7) is 5.10. The van der Waals surface area contributed by atoms with Gasteiger partial charge < -0.3 is 0 Å². The van der Waals surface area contributed by atoms with Crippen LogP contribution in [0.3, 0.4) is 0 Å². The predicted octanol–water partition coefficient (Wildman–Crippen LogP) is 3.63. The van der Waals surface area contributed by atoms with Gasteiger partial charge in [-0.25, -0.2) is 4.58 Å². The predicted molar refractivity (Wildman–Crippen MR) is 81.2 cm³/mol. The molecule has 0 N–H and O–H groups in total. The molecular weight excluding hydrogens is 230 g/mol. The normalized spacial score (nSPS) is 18.1. The molecule has 0 saturated carbocycles. The summed E-state index contributed by atoms with van der Waals surface area (Å²) < 4.78 is 2.14. The minimum Gasteiger partial charge on any atom is -0.226 e. The summed E-state index contributed by atoms with van der Waals surface area (Å²) in [6.07, 6.45) is 1.12. The second-order valence-corrected chi connectivity index (χ2v) is 5.51. The molecule has 3 aromatic rings. The maximum atomic E-state index is 3.96. The van der Waals surface area contributed by atoms with Gasteiger partial charge in [0.05, 0.1) is 0 Å². The zero-order valence-electron chi connectivity index (χ0n) is 10.8. The smallest absolute Gasteiger partial charge is 0.214 e. The first kappa shape index (κ1) is 10.7. The average Bonchev–Trinajstić information content (AvgIpc) is 3.11. The molecule has 0 aliphatic carbocycles. The van der Waals surface area contributed by atoms with E-state index in [0.717, 1.165) is 13.0 Å². The number of nitrogens with zero attached hydrogens (tertiary/aromatic N) is 1. The molecule has 19 heavy (non-hydrogen) atoms. The maximum absolute atomic E-state index is 3.96. The van der Waals surface area contributed by atoms with Crippen LogP contribution in [0.5, 0.6) is 0 Å². The molecule has 1 fully saturated rings. The van der Waals surface area contributed by atoms with Gasteiger partial charge in [-0.15, -0.1) is 0 Å². The lowest BCUT2D eigenvalue weighted by atomic mass is 10.00. The lowest BCUT2D eigenvalue weighted by molar-refractivity contribution is -0.349. The zero-order chi connectivity index (χ0) is 12.8. The Morgan fingerprint density at radius 2 is 1.53 bits per heavy atom. The van der Waals surface area contributed by atoms with Crippen molar-refractivity contribution in [1.82, 2.24) is 0 Å². The third-order valence-electron chi connectivity index (χ3n) is 4.07. The summed E-state index contributed by atoms with van der Waals surface area (Å²) in [7, 11) is 0. The fourth-order valence-electron chi connectivity index (χ4n) is 2.81. The third-order valence-corrected chi connectivity index (χ3v) is 4.07. The summed E-state index contributed by atoms with van der Waals surface area (Å²) in [6, 6.07) is 20.6. The van der Waals surface area contributed by atoms with E-state index in [9.17, 15) is 0 Å². The molecule has 1 heterocycles. The maximum Gasteiger partial charge on any atom is 0.214 e. The van der Waals surface area contributed by atoms with Gasteiger partial charge in [0, 0.05) is 6.42 Å². The van der Waals surface area contributed by atoms with Crippen molar-refractivity contribution in [3.8, 4) is 0 Å². The van der Waals surface area contributed by atoms with Crippen molar-refractivity contribution >= 4 is 28.3 Å². The molecule has 1 atom stereocenters. The van der Waals surface area contributed by atoms with Crippen molar-refractivity contribution in [2.75, 3.05) is 6.54 Å². The van der Waals surface area contributed by atoms with Crippen molar-refractivity contribution in [2.24, 2.45) is 0 Å². The second kappa shape index (κ2) is 3.92. The van der Waals surface area contributed by atoms with Gasteiger partial charge in [0.25, 0.3) is 0 Å². The van der Waals surface area contributed by atoms with Crippen molar-refractivity contribution < 1.29 is 4.58 Å². The standard InChI is InChI=1S/C18H16N/c1-19-12-18(19)9-13-6-7-16-10-14-4-2-3-5-15(14)11-17(16)8-13/h2-8,10-11,18H,1,9,12H2/q+1.